The van der Waals surface area contributed by atoms with Gasteiger partial charge >= 0.3 is 0 Å². The molecular weight excluding hydrogens is 390 g/mol. The molecule has 0 bridgehead atoms. The summed E-state index contributed by atoms with van der Waals surface area (Å²) in [5.41, 5.74) is 7.11. The molecule has 1 amide bonds. The fraction of sp³-hybridized carbons (Fsp3) is 0.667. The van der Waals surface area contributed by atoms with Crippen molar-refractivity contribution in [3.05, 3.63) is 24.3 Å². The number of amidine groups is 1. The van der Waals surface area contributed by atoms with E-state index in [1.165, 1.54) is 37.8 Å². The largest absolute Gasteiger partial charge is 0.495 e. The van der Waals surface area contributed by atoms with E-state index < -0.39 is 0 Å². The molecule has 170 valence electrons. The Morgan fingerprint density at radius 2 is 1.81 bits per heavy atom. The predicted molar refractivity (Wildman–Crippen MR) is 125 cm³/mol. The van der Waals surface area contributed by atoms with Crippen LogP contribution in [0.25, 0.3) is 0 Å². The first-order valence-corrected chi connectivity index (χ1v) is 12.0. The lowest BCUT2D eigenvalue weighted by Gasteiger charge is -2.36. The summed E-state index contributed by atoms with van der Waals surface area (Å²) in [4.78, 5) is 22.0. The van der Waals surface area contributed by atoms with Crippen molar-refractivity contribution in [2.24, 2.45) is 10.9 Å². The molecule has 7 nitrogen and oxygen atoms in total. The van der Waals surface area contributed by atoms with E-state index in [0.29, 0.717) is 5.92 Å². The van der Waals surface area contributed by atoms with Gasteiger partial charge in [0.25, 0.3) is 5.91 Å². The number of rotatable bonds is 8. The average molecular weight is 428 g/mol. The molecule has 1 atom stereocenters. The van der Waals surface area contributed by atoms with Crippen molar-refractivity contribution in [2.45, 2.75) is 57.4 Å². The van der Waals surface area contributed by atoms with Crippen LogP contribution >= 0.6 is 0 Å². The van der Waals surface area contributed by atoms with Gasteiger partial charge in [0, 0.05) is 32.1 Å². The zero-order valence-corrected chi connectivity index (χ0v) is 18.8. The predicted octanol–water partition coefficient (Wildman–Crippen LogP) is 2.97. The highest BCUT2D eigenvalue weighted by Crippen LogP contribution is 2.28. The summed E-state index contributed by atoms with van der Waals surface area (Å²) in [6.07, 6.45) is 9.23. The Morgan fingerprint density at radius 3 is 2.58 bits per heavy atom. The van der Waals surface area contributed by atoms with Gasteiger partial charge in [-0.25, -0.2) is 0 Å². The minimum Gasteiger partial charge on any atom is -0.495 e. The zero-order chi connectivity index (χ0) is 21.5. The van der Waals surface area contributed by atoms with Crippen LogP contribution in [0, 0.1) is 5.92 Å². The third-order valence-corrected chi connectivity index (χ3v) is 6.90. The molecule has 4 rings (SSSR count). The van der Waals surface area contributed by atoms with Gasteiger partial charge in [0.15, 0.2) is 0 Å². The molecule has 2 heterocycles. The number of ether oxygens (including phenoxy) is 1. The van der Waals surface area contributed by atoms with Crippen LogP contribution in [0.1, 0.15) is 51.4 Å². The summed E-state index contributed by atoms with van der Waals surface area (Å²) in [6, 6.07) is 8.04. The van der Waals surface area contributed by atoms with E-state index >= 15 is 0 Å². The molecular formula is C24H37N5O2. The van der Waals surface area contributed by atoms with E-state index in [-0.39, 0.29) is 11.9 Å². The highest BCUT2D eigenvalue weighted by molar-refractivity contribution is 5.94. The van der Waals surface area contributed by atoms with Gasteiger partial charge in [-0.3, -0.25) is 25.5 Å². The molecule has 2 N–H and O–H groups in total. The van der Waals surface area contributed by atoms with Gasteiger partial charge in [-0.05, 0) is 50.8 Å². The number of hydrazine groups is 1. The number of hydrogen-bond donors (Lipinski definition) is 2. The van der Waals surface area contributed by atoms with Crippen molar-refractivity contribution in [1.82, 2.24) is 15.8 Å². The first-order valence-electron chi connectivity index (χ1n) is 12.0. The number of para-hydroxylation sites is 2. The maximum absolute atomic E-state index is 12.2. The Labute approximate surface area is 186 Å². The minimum absolute atomic E-state index is 0.0185. The lowest BCUT2D eigenvalue weighted by atomic mass is 9.88. The van der Waals surface area contributed by atoms with Gasteiger partial charge in [0.05, 0.1) is 12.8 Å². The van der Waals surface area contributed by atoms with Crippen LogP contribution < -0.4 is 20.5 Å². The molecule has 1 aliphatic carbocycles. The van der Waals surface area contributed by atoms with E-state index in [1.54, 1.807) is 7.11 Å². The van der Waals surface area contributed by atoms with Gasteiger partial charge in [-0.1, -0.05) is 31.4 Å². The second-order valence-corrected chi connectivity index (χ2v) is 8.98. The second-order valence-electron chi connectivity index (χ2n) is 8.98. The molecule has 1 aromatic carbocycles. The van der Waals surface area contributed by atoms with Gasteiger partial charge in [0.1, 0.15) is 17.6 Å². The lowest BCUT2D eigenvalue weighted by molar-refractivity contribution is -0.123. The maximum Gasteiger partial charge on any atom is 0.263 e. The van der Waals surface area contributed by atoms with Crippen molar-refractivity contribution in [3.8, 4) is 5.75 Å². The van der Waals surface area contributed by atoms with Gasteiger partial charge < -0.3 is 9.64 Å². The van der Waals surface area contributed by atoms with Crippen LogP contribution in [-0.2, 0) is 4.79 Å². The number of unbranched alkanes of at least 4 members (excludes halogenated alkanes) is 1. The summed E-state index contributed by atoms with van der Waals surface area (Å²) in [7, 11) is 1.74. The molecule has 7 heteroatoms. The van der Waals surface area contributed by atoms with E-state index in [4.69, 9.17) is 9.73 Å². The first kappa shape index (κ1) is 21.9. The highest BCUT2D eigenvalue weighted by Gasteiger charge is 2.28. The number of amides is 1. The Morgan fingerprint density at radius 1 is 1.03 bits per heavy atom. The van der Waals surface area contributed by atoms with Gasteiger partial charge in [-0.15, -0.1) is 0 Å². The van der Waals surface area contributed by atoms with Crippen LogP contribution in [0.15, 0.2) is 29.3 Å². The SMILES string of the molecule is COc1ccccc1N1CCN(CCCCC2N=C(C3CCCCC3)NNC2=O)CC1. The van der Waals surface area contributed by atoms with Crippen molar-refractivity contribution in [1.29, 1.82) is 0 Å². The van der Waals surface area contributed by atoms with Gasteiger partial charge in [-0.2, -0.15) is 0 Å². The van der Waals surface area contributed by atoms with Crippen LogP contribution in [-0.4, -0.2) is 62.5 Å². The number of anilines is 1. The second kappa shape index (κ2) is 10.8. The van der Waals surface area contributed by atoms with Crippen LogP contribution in [0.3, 0.4) is 0 Å². The average Bonchev–Trinajstić information content (AvgIpc) is 2.84. The van der Waals surface area contributed by atoms with E-state index in [9.17, 15) is 4.79 Å². The summed E-state index contributed by atoms with van der Waals surface area (Å²) < 4.78 is 5.51. The molecule has 31 heavy (non-hydrogen) atoms. The first-order chi connectivity index (χ1) is 15.2. The van der Waals surface area contributed by atoms with E-state index in [2.05, 4.69) is 32.8 Å². The summed E-state index contributed by atoms with van der Waals surface area (Å²) in [6.45, 7) is 5.26. The molecule has 1 unspecified atom stereocenters. The summed E-state index contributed by atoms with van der Waals surface area (Å²) >= 11 is 0. The summed E-state index contributed by atoms with van der Waals surface area (Å²) in [5, 5.41) is 0. The molecule has 1 saturated heterocycles. The molecule has 0 aromatic heterocycles. The fourth-order valence-corrected chi connectivity index (χ4v) is 5.02. The molecule has 2 fully saturated rings. The molecule has 2 aliphatic heterocycles. The molecule has 3 aliphatic rings. The Bertz CT molecular complexity index is 754. The van der Waals surface area contributed by atoms with Crippen LogP contribution in [0.2, 0.25) is 0 Å². The van der Waals surface area contributed by atoms with Crippen molar-refractivity contribution in [2.75, 3.05) is 44.7 Å². The number of carbonyl (C=O) groups is 1. The van der Waals surface area contributed by atoms with Crippen LogP contribution in [0.4, 0.5) is 5.69 Å². The van der Waals surface area contributed by atoms with Crippen molar-refractivity contribution in [3.63, 3.8) is 0 Å². The minimum atomic E-state index is -0.222. The van der Waals surface area contributed by atoms with Gasteiger partial charge in [0.2, 0.25) is 0 Å². The number of nitrogens with zero attached hydrogens (tertiary/aromatic N) is 3. The topological polar surface area (TPSA) is 69.2 Å². The number of hydrogen-bond acceptors (Lipinski definition) is 6. The molecule has 1 saturated carbocycles. The molecule has 0 radical (unpaired) electrons. The summed E-state index contributed by atoms with van der Waals surface area (Å²) in [5.74, 6) is 2.47. The number of aliphatic imine (C=N–C) groups is 1. The third kappa shape index (κ3) is 5.70. The Hall–Kier alpha value is -2.28. The Balaban J connectivity index is 1.18. The monoisotopic (exact) mass is 427 g/mol. The van der Waals surface area contributed by atoms with Crippen LogP contribution in [0.5, 0.6) is 5.75 Å². The molecule has 0 spiro atoms. The molecule has 1 aromatic rings. The van der Waals surface area contributed by atoms with E-state index in [0.717, 1.165) is 63.6 Å². The number of methoxy groups -OCH3 is 1. The third-order valence-electron chi connectivity index (χ3n) is 6.90. The standard InChI is InChI=1S/C24H37N5O2/c1-31-22-13-6-5-12-21(22)29-17-15-28(16-18-29)14-8-7-11-20-24(30)27-26-23(25-20)19-9-3-2-4-10-19/h5-6,12-13,19-20H,2-4,7-11,14-18H2,1H3,(H,25,26)(H,27,30). The van der Waals surface area contributed by atoms with E-state index in [1.807, 2.05) is 12.1 Å². The normalized spacial score (nSPS) is 23.1. The smallest absolute Gasteiger partial charge is 0.263 e. The maximum atomic E-state index is 12.2. The lowest BCUT2D eigenvalue weighted by Crippen LogP contribution is -2.53. The quantitative estimate of drug-likeness (QED) is 0.625. The number of carbonyl (C=O) groups excluding carboxylic acids is 1. The van der Waals surface area contributed by atoms with Crippen molar-refractivity contribution >= 4 is 17.4 Å². The fourth-order valence-electron chi connectivity index (χ4n) is 5.02. The zero-order valence-electron chi connectivity index (χ0n) is 18.8. The number of benzene rings is 1. The highest BCUT2D eigenvalue weighted by atomic mass is 16.5. The number of piperazine rings is 1. The van der Waals surface area contributed by atoms with Crippen molar-refractivity contribution < 1.29 is 9.53 Å². The Kier molecular flexibility index (Phi) is 7.67. The number of nitrogens with one attached hydrogen (secondary N) is 2.